The van der Waals surface area contributed by atoms with E-state index in [0.717, 1.165) is 28.4 Å². The summed E-state index contributed by atoms with van der Waals surface area (Å²) in [6.45, 7) is 0. The molecule has 0 aliphatic heterocycles. The van der Waals surface area contributed by atoms with E-state index in [4.69, 9.17) is 0 Å². The molecule has 0 fully saturated rings. The first-order chi connectivity index (χ1) is 22.3. The van der Waals surface area contributed by atoms with E-state index in [1.807, 2.05) is 0 Å². The first kappa shape index (κ1) is 25.4. The van der Waals surface area contributed by atoms with Crippen LogP contribution in [0.2, 0.25) is 0 Å². The third-order valence-corrected chi connectivity index (χ3v) is 8.87. The molecule has 0 saturated heterocycles. The van der Waals surface area contributed by atoms with Gasteiger partial charge in [-0.1, -0.05) is 97.1 Å². The van der Waals surface area contributed by atoms with E-state index >= 15 is 0 Å². The molecule has 2 heterocycles. The van der Waals surface area contributed by atoms with Gasteiger partial charge >= 0.3 is 0 Å². The third kappa shape index (κ3) is 4.05. The predicted octanol–water partition coefficient (Wildman–Crippen LogP) is 11.4. The summed E-state index contributed by atoms with van der Waals surface area (Å²) in [7, 11) is 0. The molecule has 0 aliphatic carbocycles. The standard InChI is InChI=1S/C42H29N3/c1-4-14-30(15-5-1)43(33-25-27-41-38(28-33)36-21-11-13-23-40(36)44(41)31-16-6-2-7-17-31)34-24-26-37-35-20-10-12-22-39(35)45(42(37)29-34)32-18-8-3-9-19-32/h1-29H. The van der Waals surface area contributed by atoms with Gasteiger partial charge in [0.1, 0.15) is 0 Å². The molecule has 7 aromatic carbocycles. The van der Waals surface area contributed by atoms with Gasteiger partial charge in [0.15, 0.2) is 0 Å². The summed E-state index contributed by atoms with van der Waals surface area (Å²) in [5, 5.41) is 4.97. The molecule has 212 valence electrons. The van der Waals surface area contributed by atoms with Crippen LogP contribution in [0.4, 0.5) is 17.1 Å². The second kappa shape index (κ2) is 10.3. The average molecular weight is 576 g/mol. The molecular formula is C42H29N3. The Balaban J connectivity index is 1.30. The number of hydrogen-bond acceptors (Lipinski definition) is 1. The second-order valence-corrected chi connectivity index (χ2v) is 11.5. The number of para-hydroxylation sites is 5. The molecule has 0 atom stereocenters. The summed E-state index contributed by atoms with van der Waals surface area (Å²) < 4.78 is 4.75. The summed E-state index contributed by atoms with van der Waals surface area (Å²) in [5.74, 6) is 0. The topological polar surface area (TPSA) is 13.1 Å². The van der Waals surface area contributed by atoms with Crippen molar-refractivity contribution in [2.24, 2.45) is 0 Å². The van der Waals surface area contributed by atoms with Gasteiger partial charge in [-0.25, -0.2) is 0 Å². The molecule has 2 aromatic heterocycles. The average Bonchev–Trinajstić information content (AvgIpc) is 3.62. The monoisotopic (exact) mass is 575 g/mol. The number of hydrogen-bond donors (Lipinski definition) is 0. The quantitative estimate of drug-likeness (QED) is 0.199. The van der Waals surface area contributed by atoms with E-state index in [2.05, 4.69) is 190 Å². The number of rotatable bonds is 5. The van der Waals surface area contributed by atoms with Crippen LogP contribution in [0.15, 0.2) is 176 Å². The highest BCUT2D eigenvalue weighted by molar-refractivity contribution is 6.12. The van der Waals surface area contributed by atoms with E-state index in [-0.39, 0.29) is 0 Å². The Morgan fingerprint density at radius 1 is 0.289 bits per heavy atom. The van der Waals surface area contributed by atoms with E-state index < -0.39 is 0 Å². The highest BCUT2D eigenvalue weighted by Crippen LogP contribution is 2.42. The van der Waals surface area contributed by atoms with Crippen molar-refractivity contribution in [1.29, 1.82) is 0 Å². The highest BCUT2D eigenvalue weighted by Gasteiger charge is 2.19. The number of anilines is 3. The Bertz CT molecular complexity index is 2470. The van der Waals surface area contributed by atoms with Crippen molar-refractivity contribution >= 4 is 60.7 Å². The fraction of sp³-hybridized carbons (Fsp3) is 0. The first-order valence-electron chi connectivity index (χ1n) is 15.4. The lowest BCUT2D eigenvalue weighted by Crippen LogP contribution is -2.10. The molecule has 9 aromatic rings. The van der Waals surface area contributed by atoms with Crippen molar-refractivity contribution in [1.82, 2.24) is 9.13 Å². The van der Waals surface area contributed by atoms with Crippen molar-refractivity contribution in [3.8, 4) is 11.4 Å². The second-order valence-electron chi connectivity index (χ2n) is 11.5. The van der Waals surface area contributed by atoms with Gasteiger partial charge in [-0.3, -0.25) is 0 Å². The molecule has 0 N–H and O–H groups in total. The zero-order chi connectivity index (χ0) is 29.7. The summed E-state index contributed by atoms with van der Waals surface area (Å²) in [6, 6.07) is 63.1. The van der Waals surface area contributed by atoms with Crippen molar-refractivity contribution < 1.29 is 0 Å². The largest absolute Gasteiger partial charge is 0.310 e. The van der Waals surface area contributed by atoms with E-state index in [9.17, 15) is 0 Å². The SMILES string of the molecule is c1ccc(N(c2ccc3c(c2)c2ccccc2n3-c2ccccc2)c2ccc3c4ccccc4n(-c4ccccc4)c3c2)cc1. The maximum atomic E-state index is 2.38. The molecule has 0 spiro atoms. The molecule has 45 heavy (non-hydrogen) atoms. The van der Waals surface area contributed by atoms with Gasteiger partial charge in [-0.05, 0) is 78.9 Å². The maximum Gasteiger partial charge on any atom is 0.0561 e. The van der Waals surface area contributed by atoms with E-state index in [1.165, 1.54) is 43.6 Å². The van der Waals surface area contributed by atoms with Crippen LogP contribution in [0.25, 0.3) is 55.0 Å². The van der Waals surface area contributed by atoms with Crippen molar-refractivity contribution in [2.45, 2.75) is 0 Å². The van der Waals surface area contributed by atoms with Crippen LogP contribution < -0.4 is 4.90 Å². The lowest BCUT2D eigenvalue weighted by molar-refractivity contribution is 1.17. The molecule has 0 unspecified atom stereocenters. The smallest absolute Gasteiger partial charge is 0.0561 e. The Morgan fingerprint density at radius 2 is 0.733 bits per heavy atom. The molecule has 9 rings (SSSR count). The van der Waals surface area contributed by atoms with Crippen molar-refractivity contribution in [3.05, 3.63) is 176 Å². The molecule has 3 heteroatoms. The summed E-state index contributed by atoms with van der Waals surface area (Å²) >= 11 is 0. The normalized spacial score (nSPS) is 11.6. The number of nitrogens with zero attached hydrogens (tertiary/aromatic N) is 3. The van der Waals surface area contributed by atoms with Crippen molar-refractivity contribution in [2.75, 3.05) is 4.90 Å². The van der Waals surface area contributed by atoms with Crippen LogP contribution in [0.1, 0.15) is 0 Å². The van der Waals surface area contributed by atoms with Gasteiger partial charge in [-0.15, -0.1) is 0 Å². The summed E-state index contributed by atoms with van der Waals surface area (Å²) in [4.78, 5) is 2.38. The number of fused-ring (bicyclic) bond motifs is 6. The van der Waals surface area contributed by atoms with Crippen LogP contribution in [0.3, 0.4) is 0 Å². The van der Waals surface area contributed by atoms with Gasteiger partial charge < -0.3 is 14.0 Å². The van der Waals surface area contributed by atoms with Crippen LogP contribution in [-0.4, -0.2) is 9.13 Å². The van der Waals surface area contributed by atoms with E-state index in [0.29, 0.717) is 0 Å². The Labute approximate surface area is 261 Å². The Hall–Kier alpha value is -6.06. The first-order valence-corrected chi connectivity index (χ1v) is 15.4. The lowest BCUT2D eigenvalue weighted by Gasteiger charge is -2.26. The summed E-state index contributed by atoms with van der Waals surface area (Å²) in [6.07, 6.45) is 0. The van der Waals surface area contributed by atoms with Gasteiger partial charge in [0.05, 0.1) is 22.1 Å². The minimum atomic E-state index is 1.11. The van der Waals surface area contributed by atoms with Crippen molar-refractivity contribution in [3.63, 3.8) is 0 Å². The van der Waals surface area contributed by atoms with Crippen LogP contribution in [0.5, 0.6) is 0 Å². The van der Waals surface area contributed by atoms with Gasteiger partial charge in [0.25, 0.3) is 0 Å². The van der Waals surface area contributed by atoms with Gasteiger partial charge in [0.2, 0.25) is 0 Å². The van der Waals surface area contributed by atoms with Crippen LogP contribution >= 0.6 is 0 Å². The fourth-order valence-electron chi connectivity index (χ4n) is 6.93. The lowest BCUT2D eigenvalue weighted by atomic mass is 10.1. The summed E-state index contributed by atoms with van der Waals surface area (Å²) in [5.41, 5.74) is 10.4. The molecule has 0 aliphatic rings. The fourth-order valence-corrected chi connectivity index (χ4v) is 6.93. The Morgan fingerprint density at radius 3 is 1.38 bits per heavy atom. The maximum absolute atomic E-state index is 2.38. The number of benzene rings is 7. The third-order valence-electron chi connectivity index (χ3n) is 8.87. The zero-order valence-corrected chi connectivity index (χ0v) is 24.6. The van der Waals surface area contributed by atoms with Crippen LogP contribution in [0, 0.1) is 0 Å². The molecule has 0 amide bonds. The Kier molecular flexibility index (Phi) is 5.82. The minimum Gasteiger partial charge on any atom is -0.310 e. The van der Waals surface area contributed by atoms with E-state index in [1.54, 1.807) is 0 Å². The molecule has 0 saturated carbocycles. The highest BCUT2D eigenvalue weighted by atomic mass is 15.1. The zero-order valence-electron chi connectivity index (χ0n) is 24.6. The molecule has 0 radical (unpaired) electrons. The predicted molar refractivity (Wildman–Crippen MR) is 190 cm³/mol. The number of aromatic nitrogens is 2. The minimum absolute atomic E-state index is 1.11. The van der Waals surface area contributed by atoms with Gasteiger partial charge in [0, 0.05) is 50.0 Å². The van der Waals surface area contributed by atoms with Gasteiger partial charge in [-0.2, -0.15) is 0 Å². The molecular weight excluding hydrogens is 546 g/mol. The van der Waals surface area contributed by atoms with Crippen LogP contribution in [-0.2, 0) is 0 Å². The molecule has 3 nitrogen and oxygen atoms in total. The molecule has 0 bridgehead atoms.